The van der Waals surface area contributed by atoms with Crippen LogP contribution in [0.2, 0.25) is 0 Å². The van der Waals surface area contributed by atoms with Crippen molar-refractivity contribution in [3.05, 3.63) is 21.9 Å². The van der Waals surface area contributed by atoms with Gasteiger partial charge < -0.3 is 14.6 Å². The smallest absolute Gasteiger partial charge is 0.303 e. The Balaban J connectivity index is 2.05. The van der Waals surface area contributed by atoms with E-state index in [0.29, 0.717) is 15.8 Å². The Morgan fingerprint density at radius 1 is 1.53 bits per heavy atom. The predicted octanol–water partition coefficient (Wildman–Crippen LogP) is 3.29. The van der Waals surface area contributed by atoms with Crippen LogP contribution in [0.5, 0.6) is 11.5 Å². The van der Waals surface area contributed by atoms with Gasteiger partial charge in [-0.3, -0.25) is 4.79 Å². The number of carboxylic acids is 1. The molecule has 1 aromatic rings. The van der Waals surface area contributed by atoms with E-state index in [2.05, 4.69) is 15.9 Å². The molecule has 6 heteroatoms. The molecule has 2 aliphatic rings. The molecule has 0 bridgehead atoms. The maximum absolute atomic E-state index is 14.5. The van der Waals surface area contributed by atoms with Gasteiger partial charge in [0.15, 0.2) is 11.6 Å². The third kappa shape index (κ3) is 2.29. The van der Waals surface area contributed by atoms with Gasteiger partial charge in [0.05, 0.1) is 6.42 Å². The fourth-order valence-electron chi connectivity index (χ4n) is 2.52. The summed E-state index contributed by atoms with van der Waals surface area (Å²) in [5.41, 5.74) is 0.397. The van der Waals surface area contributed by atoms with Gasteiger partial charge >= 0.3 is 5.97 Å². The quantitative estimate of drug-likeness (QED) is 0.920. The van der Waals surface area contributed by atoms with E-state index in [1.54, 1.807) is 6.07 Å². The van der Waals surface area contributed by atoms with Crippen molar-refractivity contribution in [2.24, 2.45) is 5.92 Å². The molecule has 1 unspecified atom stereocenters. The van der Waals surface area contributed by atoms with E-state index in [0.717, 1.165) is 12.8 Å². The summed E-state index contributed by atoms with van der Waals surface area (Å²) < 4.78 is 25.3. The van der Waals surface area contributed by atoms with Gasteiger partial charge in [0.25, 0.3) is 0 Å². The average Bonchev–Trinajstić information content (AvgIpc) is 3.07. The van der Waals surface area contributed by atoms with Crippen LogP contribution in [0.4, 0.5) is 4.39 Å². The van der Waals surface area contributed by atoms with E-state index >= 15 is 0 Å². The number of aliphatic carboxylic acids is 1. The molecule has 1 aliphatic carbocycles. The number of carbonyl (C=O) groups is 1. The monoisotopic (exact) mass is 330 g/mol. The number of halogens is 2. The number of ether oxygens (including phenoxy) is 2. The first-order valence-electron chi connectivity index (χ1n) is 6.07. The molecule has 1 aliphatic heterocycles. The van der Waals surface area contributed by atoms with Crippen LogP contribution in [-0.2, 0) is 4.79 Å². The number of fused-ring (bicyclic) bond motifs is 1. The second-order valence-electron chi connectivity index (χ2n) is 4.86. The average molecular weight is 331 g/mol. The molecule has 0 aromatic heterocycles. The molecule has 0 spiro atoms. The third-order valence-corrected chi connectivity index (χ3v) is 4.20. The first-order valence-corrected chi connectivity index (χ1v) is 6.86. The summed E-state index contributed by atoms with van der Waals surface area (Å²) >= 11 is 3.32. The molecule has 1 heterocycles. The van der Waals surface area contributed by atoms with Crippen molar-refractivity contribution in [3.8, 4) is 11.5 Å². The molecule has 3 rings (SSSR count). The Morgan fingerprint density at radius 2 is 2.26 bits per heavy atom. The second kappa shape index (κ2) is 4.67. The van der Waals surface area contributed by atoms with Crippen LogP contribution in [0.1, 0.15) is 30.7 Å². The molecule has 4 nitrogen and oxygen atoms in total. The van der Waals surface area contributed by atoms with Gasteiger partial charge in [-0.05, 0) is 24.8 Å². The fourth-order valence-corrected chi connectivity index (χ4v) is 3.19. The number of hydrogen-bond acceptors (Lipinski definition) is 3. The summed E-state index contributed by atoms with van der Waals surface area (Å²) in [5.74, 6) is -1.04. The van der Waals surface area contributed by atoms with Crippen LogP contribution < -0.4 is 9.47 Å². The number of carboxylic acid groups (broad SMARTS) is 1. The molecule has 1 N–H and O–H groups in total. The summed E-state index contributed by atoms with van der Waals surface area (Å²) in [7, 11) is 0. The summed E-state index contributed by atoms with van der Waals surface area (Å²) in [5, 5.41) is 9.00. The van der Waals surface area contributed by atoms with Crippen molar-refractivity contribution in [2.45, 2.75) is 25.2 Å². The molecular weight excluding hydrogens is 319 g/mol. The third-order valence-electron chi connectivity index (χ3n) is 3.55. The lowest BCUT2D eigenvalue weighted by Crippen LogP contribution is -2.11. The summed E-state index contributed by atoms with van der Waals surface area (Å²) in [4.78, 5) is 11.0. The largest absolute Gasteiger partial charge is 0.481 e. The molecular formula is C13H12BrFO4. The van der Waals surface area contributed by atoms with Crippen molar-refractivity contribution in [1.29, 1.82) is 0 Å². The van der Waals surface area contributed by atoms with Crippen molar-refractivity contribution < 1.29 is 23.8 Å². The van der Waals surface area contributed by atoms with Gasteiger partial charge in [-0.1, -0.05) is 15.9 Å². The second-order valence-corrected chi connectivity index (χ2v) is 5.72. The standard InChI is InChI=1S/C13H12BrFO4/c14-8-4-9-13(19-5-18-9)12(15)11(8)7(3-10(16)17)6-1-2-6/h4,6-7H,1-3,5H2,(H,16,17). The van der Waals surface area contributed by atoms with E-state index in [1.807, 2.05) is 0 Å². The van der Waals surface area contributed by atoms with Crippen LogP contribution in [0.3, 0.4) is 0 Å². The Kier molecular flexibility index (Phi) is 3.12. The van der Waals surface area contributed by atoms with Crippen molar-refractivity contribution in [3.63, 3.8) is 0 Å². The predicted molar refractivity (Wildman–Crippen MR) is 67.9 cm³/mol. The Labute approximate surface area is 117 Å². The lowest BCUT2D eigenvalue weighted by molar-refractivity contribution is -0.137. The van der Waals surface area contributed by atoms with Gasteiger partial charge in [0.2, 0.25) is 12.5 Å². The van der Waals surface area contributed by atoms with Gasteiger partial charge in [-0.15, -0.1) is 0 Å². The van der Waals surface area contributed by atoms with Gasteiger partial charge in [-0.2, -0.15) is 0 Å². The highest BCUT2D eigenvalue weighted by molar-refractivity contribution is 9.10. The fraction of sp³-hybridized carbons (Fsp3) is 0.462. The zero-order valence-electron chi connectivity index (χ0n) is 9.99. The van der Waals surface area contributed by atoms with E-state index in [4.69, 9.17) is 14.6 Å². The van der Waals surface area contributed by atoms with Crippen LogP contribution >= 0.6 is 15.9 Å². The van der Waals surface area contributed by atoms with E-state index in [1.165, 1.54) is 0 Å². The maximum atomic E-state index is 14.5. The summed E-state index contributed by atoms with van der Waals surface area (Å²) in [6, 6.07) is 1.65. The highest BCUT2D eigenvalue weighted by atomic mass is 79.9. The molecule has 0 amide bonds. The van der Waals surface area contributed by atoms with E-state index < -0.39 is 11.8 Å². The zero-order chi connectivity index (χ0) is 13.6. The Hall–Kier alpha value is -1.30. The zero-order valence-corrected chi connectivity index (χ0v) is 11.6. The number of benzene rings is 1. The SMILES string of the molecule is O=C(O)CC(c1c(Br)cc2c(c1F)OCO2)C1CC1. The van der Waals surface area contributed by atoms with Crippen LogP contribution in [-0.4, -0.2) is 17.9 Å². The van der Waals surface area contributed by atoms with E-state index in [-0.39, 0.29) is 30.8 Å². The Bertz CT molecular complexity index is 542. The van der Waals surface area contributed by atoms with Gasteiger partial charge in [-0.25, -0.2) is 4.39 Å². The van der Waals surface area contributed by atoms with E-state index in [9.17, 15) is 9.18 Å². The lowest BCUT2D eigenvalue weighted by Gasteiger charge is -2.18. The maximum Gasteiger partial charge on any atom is 0.303 e. The molecule has 1 saturated carbocycles. The van der Waals surface area contributed by atoms with Crippen LogP contribution in [0.15, 0.2) is 10.5 Å². The normalized spacial score (nSPS) is 18.4. The van der Waals surface area contributed by atoms with Crippen molar-refractivity contribution >= 4 is 21.9 Å². The van der Waals surface area contributed by atoms with Crippen LogP contribution in [0, 0.1) is 11.7 Å². The lowest BCUT2D eigenvalue weighted by atomic mass is 9.90. The number of hydrogen-bond donors (Lipinski definition) is 1. The summed E-state index contributed by atoms with van der Waals surface area (Å²) in [6.45, 7) is -0.00479. The Morgan fingerprint density at radius 3 is 2.89 bits per heavy atom. The first-order chi connectivity index (χ1) is 9.08. The molecule has 0 radical (unpaired) electrons. The van der Waals surface area contributed by atoms with Crippen molar-refractivity contribution in [2.75, 3.05) is 6.79 Å². The molecule has 1 fully saturated rings. The minimum atomic E-state index is -0.916. The van der Waals surface area contributed by atoms with Gasteiger partial charge in [0.1, 0.15) is 0 Å². The minimum absolute atomic E-state index is 0.00479. The topological polar surface area (TPSA) is 55.8 Å². The van der Waals surface area contributed by atoms with Crippen molar-refractivity contribution in [1.82, 2.24) is 0 Å². The molecule has 19 heavy (non-hydrogen) atoms. The molecule has 1 atom stereocenters. The molecule has 1 aromatic carbocycles. The highest BCUT2D eigenvalue weighted by Gasteiger charge is 2.38. The minimum Gasteiger partial charge on any atom is -0.481 e. The molecule has 0 saturated heterocycles. The highest BCUT2D eigenvalue weighted by Crippen LogP contribution is 2.50. The molecule has 102 valence electrons. The summed E-state index contributed by atoms with van der Waals surface area (Å²) in [6.07, 6.45) is 1.82. The van der Waals surface area contributed by atoms with Crippen LogP contribution in [0.25, 0.3) is 0 Å². The van der Waals surface area contributed by atoms with Gasteiger partial charge in [0, 0.05) is 16.0 Å². The first kappa shape index (κ1) is 12.7. The number of rotatable bonds is 4.